The van der Waals surface area contributed by atoms with E-state index in [0.717, 1.165) is 33.2 Å². The molecule has 0 spiro atoms. The molecule has 5 rings (SSSR count). The fourth-order valence-corrected chi connectivity index (χ4v) is 3.49. The molecule has 0 atom stereocenters. The molecule has 0 unspecified atom stereocenters. The van der Waals surface area contributed by atoms with Gasteiger partial charge in [-0.3, -0.25) is 4.79 Å². The Morgan fingerprint density at radius 1 is 1.00 bits per heavy atom. The number of fused-ring (bicyclic) bond motifs is 2. The molecule has 0 saturated heterocycles. The number of nitrogens with zero attached hydrogens (tertiary/aromatic N) is 1. The van der Waals surface area contributed by atoms with Crippen LogP contribution in [0.2, 0.25) is 0 Å². The van der Waals surface area contributed by atoms with Crippen LogP contribution in [0.1, 0.15) is 10.4 Å². The highest BCUT2D eigenvalue weighted by atomic mass is 16.5. The molecule has 2 heterocycles. The molecule has 0 aliphatic heterocycles. The monoisotopic (exact) mass is 412 g/mol. The molecule has 0 aliphatic carbocycles. The smallest absolute Gasteiger partial charge is 0.255 e. The van der Waals surface area contributed by atoms with Gasteiger partial charge in [0.1, 0.15) is 18.2 Å². The highest BCUT2D eigenvalue weighted by Gasteiger charge is 2.10. The lowest BCUT2D eigenvalue weighted by Gasteiger charge is -2.06. The number of benzene rings is 3. The highest BCUT2D eigenvalue weighted by Crippen LogP contribution is 2.24. The number of rotatable bonds is 6. The van der Waals surface area contributed by atoms with Gasteiger partial charge in [0.25, 0.3) is 5.91 Å². The summed E-state index contributed by atoms with van der Waals surface area (Å²) in [7, 11) is 0. The maximum absolute atomic E-state index is 12.6. The summed E-state index contributed by atoms with van der Waals surface area (Å²) in [5, 5.41) is 12.9. The van der Waals surface area contributed by atoms with Crippen molar-refractivity contribution in [2.45, 2.75) is 0 Å². The maximum atomic E-state index is 12.6. The van der Waals surface area contributed by atoms with Crippen molar-refractivity contribution in [2.24, 2.45) is 0 Å². The van der Waals surface area contributed by atoms with Gasteiger partial charge in [0.15, 0.2) is 0 Å². The Morgan fingerprint density at radius 3 is 2.71 bits per heavy atom. The number of hydrogen-bond acceptors (Lipinski definition) is 4. The van der Waals surface area contributed by atoms with E-state index in [1.807, 2.05) is 60.8 Å². The quantitative estimate of drug-likeness (QED) is 0.333. The lowest BCUT2D eigenvalue weighted by molar-refractivity contribution is 0.102. The Hall–Kier alpha value is -4.10. The first-order valence-electron chi connectivity index (χ1n) is 9.92. The number of imidazole rings is 1. The summed E-state index contributed by atoms with van der Waals surface area (Å²) in [5.74, 6) is 1.20. The van der Waals surface area contributed by atoms with Crippen LogP contribution in [-0.2, 0) is 0 Å². The molecular weight excluding hydrogens is 392 g/mol. The number of aromatic nitrogens is 3. The lowest BCUT2D eigenvalue weighted by atomic mass is 10.1. The Morgan fingerprint density at radius 2 is 1.87 bits per heavy atom. The molecule has 0 fully saturated rings. The molecule has 7 heteroatoms. The van der Waals surface area contributed by atoms with Crippen LogP contribution in [0.5, 0.6) is 5.75 Å². The SMILES string of the molecule is O=C(Nc1ccc2cc[nH]c2c1)c1ccc(-c2nc3ccc(OCCO)cc3[nH]2)cc1. The van der Waals surface area contributed by atoms with Crippen LogP contribution in [-0.4, -0.2) is 39.2 Å². The van der Waals surface area contributed by atoms with Crippen molar-refractivity contribution in [3.8, 4) is 17.1 Å². The van der Waals surface area contributed by atoms with Crippen molar-refractivity contribution >= 4 is 33.5 Å². The predicted octanol–water partition coefficient (Wildman–Crippen LogP) is 4.33. The lowest BCUT2D eigenvalue weighted by Crippen LogP contribution is -2.11. The summed E-state index contributed by atoms with van der Waals surface area (Å²) in [6, 6.07) is 20.6. The van der Waals surface area contributed by atoms with Crippen LogP contribution in [0.25, 0.3) is 33.3 Å². The number of aromatic amines is 2. The fourth-order valence-electron chi connectivity index (χ4n) is 3.49. The molecular formula is C24H20N4O3. The van der Waals surface area contributed by atoms with E-state index in [2.05, 4.69) is 20.3 Å². The van der Waals surface area contributed by atoms with Gasteiger partial charge >= 0.3 is 0 Å². The van der Waals surface area contributed by atoms with Crippen LogP contribution in [0.15, 0.2) is 72.9 Å². The molecule has 2 aromatic heterocycles. The number of H-pyrrole nitrogens is 2. The van der Waals surface area contributed by atoms with E-state index in [-0.39, 0.29) is 19.1 Å². The van der Waals surface area contributed by atoms with Crippen LogP contribution in [0.3, 0.4) is 0 Å². The number of anilines is 1. The van der Waals surface area contributed by atoms with Gasteiger partial charge in [0.2, 0.25) is 0 Å². The molecule has 4 N–H and O–H groups in total. The number of aliphatic hydroxyl groups excluding tert-OH is 1. The van der Waals surface area contributed by atoms with E-state index in [0.29, 0.717) is 17.1 Å². The largest absolute Gasteiger partial charge is 0.491 e. The summed E-state index contributed by atoms with van der Waals surface area (Å²) in [5.41, 5.74) is 4.80. The molecule has 5 aromatic rings. The number of amides is 1. The minimum absolute atomic E-state index is 0.0350. The van der Waals surface area contributed by atoms with Crippen LogP contribution in [0, 0.1) is 0 Å². The van der Waals surface area contributed by atoms with Crippen molar-refractivity contribution in [2.75, 3.05) is 18.5 Å². The average molecular weight is 412 g/mol. The third-order valence-electron chi connectivity index (χ3n) is 5.05. The number of hydrogen-bond donors (Lipinski definition) is 4. The highest BCUT2D eigenvalue weighted by molar-refractivity contribution is 6.05. The molecule has 0 radical (unpaired) electrons. The average Bonchev–Trinajstić information content (AvgIpc) is 3.44. The fraction of sp³-hybridized carbons (Fsp3) is 0.0833. The molecule has 154 valence electrons. The summed E-state index contributed by atoms with van der Waals surface area (Å²) in [4.78, 5) is 23.6. The van der Waals surface area contributed by atoms with Crippen molar-refractivity contribution in [3.05, 3.63) is 78.5 Å². The van der Waals surface area contributed by atoms with Gasteiger partial charge in [0.05, 0.1) is 17.6 Å². The topological polar surface area (TPSA) is 103 Å². The summed E-state index contributed by atoms with van der Waals surface area (Å²) in [6.07, 6.45) is 1.87. The second-order valence-electron chi connectivity index (χ2n) is 7.15. The third kappa shape index (κ3) is 3.86. The van der Waals surface area contributed by atoms with Crippen molar-refractivity contribution < 1.29 is 14.6 Å². The Bertz CT molecular complexity index is 1370. The molecule has 3 aromatic carbocycles. The first-order chi connectivity index (χ1) is 15.2. The van der Waals surface area contributed by atoms with Gasteiger partial charge < -0.3 is 25.1 Å². The van der Waals surface area contributed by atoms with Crippen molar-refractivity contribution in [1.29, 1.82) is 0 Å². The minimum Gasteiger partial charge on any atom is -0.491 e. The Balaban J connectivity index is 1.33. The van der Waals surface area contributed by atoms with Gasteiger partial charge in [-0.25, -0.2) is 4.98 Å². The number of carbonyl (C=O) groups excluding carboxylic acids is 1. The third-order valence-corrected chi connectivity index (χ3v) is 5.05. The van der Waals surface area contributed by atoms with Gasteiger partial charge in [-0.15, -0.1) is 0 Å². The zero-order valence-corrected chi connectivity index (χ0v) is 16.6. The van der Waals surface area contributed by atoms with E-state index >= 15 is 0 Å². The van der Waals surface area contributed by atoms with E-state index in [1.54, 1.807) is 12.1 Å². The molecule has 0 aliphatic rings. The number of ether oxygens (including phenoxy) is 1. The molecule has 31 heavy (non-hydrogen) atoms. The van der Waals surface area contributed by atoms with Gasteiger partial charge in [0, 0.05) is 34.6 Å². The van der Waals surface area contributed by atoms with E-state index in [9.17, 15) is 4.79 Å². The first-order valence-corrected chi connectivity index (χ1v) is 9.92. The number of carbonyl (C=O) groups is 1. The second kappa shape index (κ2) is 7.97. The van der Waals surface area contributed by atoms with Crippen LogP contribution in [0.4, 0.5) is 5.69 Å². The predicted molar refractivity (Wildman–Crippen MR) is 120 cm³/mol. The van der Waals surface area contributed by atoms with Crippen molar-refractivity contribution in [3.63, 3.8) is 0 Å². The maximum Gasteiger partial charge on any atom is 0.255 e. The standard InChI is InChI=1S/C24H20N4O3/c29-11-12-31-19-7-8-20-22(14-19)28-23(27-20)16-1-3-17(4-2-16)24(30)26-18-6-5-15-9-10-25-21(15)13-18/h1-10,13-14,25,29H,11-12H2,(H,26,30)(H,27,28). The van der Waals surface area contributed by atoms with E-state index in [4.69, 9.17) is 9.84 Å². The first kappa shape index (κ1) is 18.9. The summed E-state index contributed by atoms with van der Waals surface area (Å²) in [6.45, 7) is 0.210. The minimum atomic E-state index is -0.173. The van der Waals surface area contributed by atoms with E-state index < -0.39 is 0 Å². The number of aliphatic hydroxyl groups is 1. The zero-order chi connectivity index (χ0) is 21.2. The summed E-state index contributed by atoms with van der Waals surface area (Å²) < 4.78 is 5.44. The van der Waals surface area contributed by atoms with Crippen LogP contribution >= 0.6 is 0 Å². The summed E-state index contributed by atoms with van der Waals surface area (Å²) >= 11 is 0. The van der Waals surface area contributed by atoms with Gasteiger partial charge in [-0.2, -0.15) is 0 Å². The Kier molecular flexibility index (Phi) is 4.86. The van der Waals surface area contributed by atoms with Gasteiger partial charge in [-0.05, 0) is 47.9 Å². The number of nitrogens with one attached hydrogen (secondary N) is 3. The molecule has 0 saturated carbocycles. The normalized spacial score (nSPS) is 11.1. The van der Waals surface area contributed by atoms with E-state index in [1.165, 1.54) is 0 Å². The molecule has 1 amide bonds. The Labute approximate surface area is 177 Å². The second-order valence-corrected chi connectivity index (χ2v) is 7.15. The van der Waals surface area contributed by atoms with Crippen LogP contribution < -0.4 is 10.1 Å². The zero-order valence-electron chi connectivity index (χ0n) is 16.6. The molecule has 0 bridgehead atoms. The van der Waals surface area contributed by atoms with Gasteiger partial charge in [-0.1, -0.05) is 18.2 Å². The molecule has 7 nitrogen and oxygen atoms in total. The van der Waals surface area contributed by atoms with Crippen molar-refractivity contribution in [1.82, 2.24) is 15.0 Å².